The van der Waals surface area contributed by atoms with Gasteiger partial charge in [0.2, 0.25) is 0 Å². The molecule has 2 N–H and O–H groups in total. The molecule has 0 bridgehead atoms. The van der Waals surface area contributed by atoms with Gasteiger partial charge in [-0.25, -0.2) is 0 Å². The molecule has 18 heavy (non-hydrogen) atoms. The molecule has 0 heterocycles. The summed E-state index contributed by atoms with van der Waals surface area (Å²) in [4.78, 5) is 0. The van der Waals surface area contributed by atoms with Crippen LogP contribution in [0.25, 0.3) is 0 Å². The van der Waals surface area contributed by atoms with Crippen LogP contribution in [-0.2, 0) is 9.47 Å². The SMILES string of the molecule is CCOC(C)(C)CNCC(O)COC1CCCC1. The Morgan fingerprint density at radius 3 is 2.61 bits per heavy atom. The monoisotopic (exact) mass is 259 g/mol. The highest BCUT2D eigenvalue weighted by Gasteiger charge is 2.19. The van der Waals surface area contributed by atoms with Crippen LogP contribution in [0.2, 0.25) is 0 Å². The lowest BCUT2D eigenvalue weighted by Gasteiger charge is -2.25. The quantitative estimate of drug-likeness (QED) is 0.662. The minimum Gasteiger partial charge on any atom is -0.389 e. The van der Waals surface area contributed by atoms with Gasteiger partial charge in [-0.2, -0.15) is 0 Å². The Morgan fingerprint density at radius 2 is 2.00 bits per heavy atom. The third-order valence-electron chi connectivity index (χ3n) is 3.29. The molecule has 0 aromatic rings. The smallest absolute Gasteiger partial charge is 0.0897 e. The van der Waals surface area contributed by atoms with Crippen LogP contribution in [0.4, 0.5) is 0 Å². The molecule has 1 unspecified atom stereocenters. The first kappa shape index (κ1) is 15.9. The maximum absolute atomic E-state index is 9.81. The first-order chi connectivity index (χ1) is 8.53. The van der Waals surface area contributed by atoms with E-state index < -0.39 is 6.10 Å². The molecule has 0 radical (unpaired) electrons. The number of hydrogen-bond acceptors (Lipinski definition) is 4. The van der Waals surface area contributed by atoms with Crippen LogP contribution >= 0.6 is 0 Å². The van der Waals surface area contributed by atoms with Crippen LogP contribution in [0.5, 0.6) is 0 Å². The second kappa shape index (κ2) is 8.10. The Hall–Kier alpha value is -0.160. The number of nitrogens with one attached hydrogen (secondary N) is 1. The Labute approximate surface area is 111 Å². The number of aliphatic hydroxyl groups excluding tert-OH is 1. The first-order valence-electron chi connectivity index (χ1n) is 7.18. The fraction of sp³-hybridized carbons (Fsp3) is 1.00. The van der Waals surface area contributed by atoms with Crippen molar-refractivity contribution in [2.75, 3.05) is 26.3 Å². The molecule has 0 aromatic heterocycles. The van der Waals surface area contributed by atoms with Gasteiger partial charge in [-0.1, -0.05) is 12.8 Å². The summed E-state index contributed by atoms with van der Waals surface area (Å²) >= 11 is 0. The topological polar surface area (TPSA) is 50.7 Å². The maximum atomic E-state index is 9.81. The average Bonchev–Trinajstić information content (AvgIpc) is 2.78. The predicted molar refractivity (Wildman–Crippen MR) is 72.8 cm³/mol. The van der Waals surface area contributed by atoms with E-state index in [4.69, 9.17) is 9.47 Å². The molecule has 1 rings (SSSR count). The summed E-state index contributed by atoms with van der Waals surface area (Å²) in [6.07, 6.45) is 4.78. The van der Waals surface area contributed by atoms with Crippen molar-refractivity contribution in [3.63, 3.8) is 0 Å². The van der Waals surface area contributed by atoms with Crippen LogP contribution in [0, 0.1) is 0 Å². The van der Waals surface area contributed by atoms with Crippen molar-refractivity contribution >= 4 is 0 Å². The molecule has 0 aliphatic heterocycles. The Kier molecular flexibility index (Phi) is 7.15. The van der Waals surface area contributed by atoms with Gasteiger partial charge in [0.1, 0.15) is 0 Å². The molecule has 1 aliphatic rings. The van der Waals surface area contributed by atoms with Gasteiger partial charge < -0.3 is 19.9 Å². The second-order valence-electron chi connectivity index (χ2n) is 5.72. The van der Waals surface area contributed by atoms with Gasteiger partial charge in [0.15, 0.2) is 0 Å². The summed E-state index contributed by atoms with van der Waals surface area (Å²) in [6, 6.07) is 0. The Balaban J connectivity index is 2.03. The van der Waals surface area contributed by atoms with E-state index in [1.165, 1.54) is 12.8 Å². The van der Waals surface area contributed by atoms with Gasteiger partial charge >= 0.3 is 0 Å². The molecule has 4 heteroatoms. The number of rotatable bonds is 9. The standard InChI is InChI=1S/C14H29NO3/c1-4-18-14(2,3)11-15-9-12(16)10-17-13-7-5-6-8-13/h12-13,15-16H,4-11H2,1-3H3. The normalized spacial score (nSPS) is 19.3. The molecule has 1 atom stereocenters. The van der Waals surface area contributed by atoms with Gasteiger partial charge in [-0.05, 0) is 33.6 Å². The molecule has 1 saturated carbocycles. The molecule has 0 saturated heterocycles. The summed E-state index contributed by atoms with van der Waals surface area (Å²) in [7, 11) is 0. The minimum absolute atomic E-state index is 0.180. The van der Waals surface area contributed by atoms with Gasteiger partial charge in [-0.3, -0.25) is 0 Å². The molecular weight excluding hydrogens is 230 g/mol. The predicted octanol–water partition coefficient (Wildman–Crippen LogP) is 1.71. The average molecular weight is 259 g/mol. The van der Waals surface area contributed by atoms with Gasteiger partial charge in [0, 0.05) is 19.7 Å². The molecular formula is C14H29NO3. The van der Waals surface area contributed by atoms with Gasteiger partial charge in [-0.15, -0.1) is 0 Å². The first-order valence-corrected chi connectivity index (χ1v) is 7.18. The molecule has 0 spiro atoms. The summed E-state index contributed by atoms with van der Waals surface area (Å²) in [5.41, 5.74) is -0.180. The van der Waals surface area contributed by atoms with E-state index in [2.05, 4.69) is 5.32 Å². The Bertz CT molecular complexity index is 215. The fourth-order valence-electron chi connectivity index (χ4n) is 2.34. The van der Waals surface area contributed by atoms with Crippen LogP contribution in [0.1, 0.15) is 46.5 Å². The van der Waals surface area contributed by atoms with Crippen molar-refractivity contribution in [2.45, 2.75) is 64.3 Å². The lowest BCUT2D eigenvalue weighted by molar-refractivity contribution is -0.0208. The van der Waals surface area contributed by atoms with Crippen LogP contribution < -0.4 is 5.32 Å². The molecule has 0 amide bonds. The van der Waals surface area contributed by atoms with Crippen LogP contribution in [0.15, 0.2) is 0 Å². The zero-order chi connectivity index (χ0) is 13.4. The minimum atomic E-state index is -0.428. The largest absolute Gasteiger partial charge is 0.389 e. The molecule has 108 valence electrons. The van der Waals surface area contributed by atoms with Gasteiger partial charge in [0.05, 0.1) is 24.4 Å². The zero-order valence-corrected chi connectivity index (χ0v) is 12.1. The van der Waals surface area contributed by atoms with E-state index in [9.17, 15) is 5.11 Å². The number of ether oxygens (including phenoxy) is 2. The van der Waals surface area contributed by atoms with Crippen molar-refractivity contribution < 1.29 is 14.6 Å². The highest BCUT2D eigenvalue weighted by atomic mass is 16.5. The van der Waals surface area contributed by atoms with Crippen molar-refractivity contribution in [1.82, 2.24) is 5.32 Å². The van der Waals surface area contributed by atoms with Crippen molar-refractivity contribution in [3.05, 3.63) is 0 Å². The fourth-order valence-corrected chi connectivity index (χ4v) is 2.34. The highest BCUT2D eigenvalue weighted by Crippen LogP contribution is 2.20. The summed E-state index contributed by atoms with van der Waals surface area (Å²) in [5.74, 6) is 0. The molecule has 1 fully saturated rings. The molecule has 1 aliphatic carbocycles. The van der Waals surface area contributed by atoms with Crippen LogP contribution in [0.3, 0.4) is 0 Å². The van der Waals surface area contributed by atoms with E-state index in [-0.39, 0.29) is 5.60 Å². The van der Waals surface area contributed by atoms with Crippen molar-refractivity contribution in [2.24, 2.45) is 0 Å². The van der Waals surface area contributed by atoms with E-state index in [0.717, 1.165) is 19.4 Å². The molecule has 4 nitrogen and oxygen atoms in total. The third kappa shape index (κ3) is 6.69. The molecule has 0 aromatic carbocycles. The van der Waals surface area contributed by atoms with Crippen LogP contribution in [-0.4, -0.2) is 49.2 Å². The lowest BCUT2D eigenvalue weighted by atomic mass is 10.1. The Morgan fingerprint density at radius 1 is 1.33 bits per heavy atom. The third-order valence-corrected chi connectivity index (χ3v) is 3.29. The number of hydrogen-bond donors (Lipinski definition) is 2. The van der Waals surface area contributed by atoms with E-state index in [0.29, 0.717) is 25.9 Å². The van der Waals surface area contributed by atoms with Gasteiger partial charge in [0.25, 0.3) is 0 Å². The van der Waals surface area contributed by atoms with E-state index >= 15 is 0 Å². The second-order valence-corrected chi connectivity index (χ2v) is 5.72. The summed E-state index contributed by atoms with van der Waals surface area (Å²) in [5, 5.41) is 13.0. The summed E-state index contributed by atoms with van der Waals surface area (Å²) in [6.45, 7) is 8.53. The summed E-state index contributed by atoms with van der Waals surface area (Å²) < 4.78 is 11.3. The zero-order valence-electron chi connectivity index (χ0n) is 12.1. The number of aliphatic hydroxyl groups is 1. The van der Waals surface area contributed by atoms with E-state index in [1.54, 1.807) is 0 Å². The maximum Gasteiger partial charge on any atom is 0.0897 e. The van der Waals surface area contributed by atoms with Crippen molar-refractivity contribution in [3.8, 4) is 0 Å². The van der Waals surface area contributed by atoms with E-state index in [1.807, 2.05) is 20.8 Å². The highest BCUT2D eigenvalue weighted by molar-refractivity contribution is 4.73. The lowest BCUT2D eigenvalue weighted by Crippen LogP contribution is -2.41. The van der Waals surface area contributed by atoms with Crippen molar-refractivity contribution in [1.29, 1.82) is 0 Å².